The highest BCUT2D eigenvalue weighted by Crippen LogP contribution is 2.29. The van der Waals surface area contributed by atoms with Crippen LogP contribution in [0.2, 0.25) is 0 Å². The molecule has 0 atom stereocenters. The molecule has 172 valence electrons. The molecule has 0 N–H and O–H groups in total. The van der Waals surface area contributed by atoms with E-state index in [1.54, 1.807) is 41.1 Å². The number of rotatable bonds is 6. The van der Waals surface area contributed by atoms with Crippen LogP contribution in [0.4, 0.5) is 13.2 Å². The molecule has 9 heteroatoms. The summed E-state index contributed by atoms with van der Waals surface area (Å²) in [6, 6.07) is 17.2. The van der Waals surface area contributed by atoms with Gasteiger partial charge in [0.1, 0.15) is 18.1 Å². The maximum Gasteiger partial charge on any atom is 0.573 e. The first-order chi connectivity index (χ1) is 16.4. The average Bonchev–Trinajstić information content (AvgIpc) is 3.23. The first-order valence-corrected chi connectivity index (χ1v) is 10.6. The van der Waals surface area contributed by atoms with Gasteiger partial charge in [-0.15, -0.1) is 23.4 Å². The third kappa shape index (κ3) is 4.50. The lowest BCUT2D eigenvalue weighted by atomic mass is 10.1. The Labute approximate surface area is 192 Å². The minimum atomic E-state index is -4.75. The van der Waals surface area contributed by atoms with Crippen LogP contribution in [0.25, 0.3) is 27.7 Å². The Hall–Kier alpha value is -4.14. The lowest BCUT2D eigenvalue weighted by Crippen LogP contribution is -2.17. The fraction of sp³-hybridized carbons (Fsp3) is 0.160. The van der Waals surface area contributed by atoms with Gasteiger partial charge in [-0.05, 0) is 65.6 Å². The van der Waals surface area contributed by atoms with Crippen LogP contribution >= 0.6 is 0 Å². The van der Waals surface area contributed by atoms with Gasteiger partial charge in [-0.25, -0.2) is 0 Å². The van der Waals surface area contributed by atoms with Crippen LogP contribution in [0.5, 0.6) is 11.5 Å². The minimum Gasteiger partial charge on any atom is -0.485 e. The second-order valence-corrected chi connectivity index (χ2v) is 7.64. The zero-order valence-corrected chi connectivity index (χ0v) is 18.1. The van der Waals surface area contributed by atoms with E-state index in [2.05, 4.69) is 26.8 Å². The van der Waals surface area contributed by atoms with Gasteiger partial charge in [0.15, 0.2) is 11.5 Å². The molecule has 0 aliphatic carbocycles. The molecule has 0 spiro atoms. The molecule has 3 heterocycles. The number of fused-ring (bicyclic) bond motifs is 2. The molecule has 0 saturated carbocycles. The summed E-state index contributed by atoms with van der Waals surface area (Å²) < 4.78 is 49.6. The zero-order chi connectivity index (χ0) is 23.7. The van der Waals surface area contributed by atoms with E-state index in [9.17, 15) is 13.2 Å². The third-order valence-electron chi connectivity index (χ3n) is 5.41. The van der Waals surface area contributed by atoms with Crippen molar-refractivity contribution in [3.05, 3.63) is 84.4 Å². The molecule has 0 unspecified atom stereocenters. The van der Waals surface area contributed by atoms with Crippen molar-refractivity contribution in [2.75, 3.05) is 0 Å². The molecule has 0 fully saturated rings. The number of aryl methyl sites for hydroxylation is 1. The van der Waals surface area contributed by atoms with Gasteiger partial charge >= 0.3 is 6.36 Å². The predicted octanol–water partition coefficient (Wildman–Crippen LogP) is 5.98. The lowest BCUT2D eigenvalue weighted by Gasteiger charge is -2.11. The number of ether oxygens (including phenoxy) is 2. The van der Waals surface area contributed by atoms with Gasteiger partial charge in [0.05, 0.1) is 5.52 Å². The highest BCUT2D eigenvalue weighted by atomic mass is 19.4. The van der Waals surface area contributed by atoms with Gasteiger partial charge < -0.3 is 9.47 Å². The van der Waals surface area contributed by atoms with E-state index in [0.29, 0.717) is 28.3 Å². The predicted molar refractivity (Wildman–Crippen MR) is 121 cm³/mol. The molecule has 3 aromatic heterocycles. The summed E-state index contributed by atoms with van der Waals surface area (Å²) in [5.74, 6) is 0.945. The maximum atomic E-state index is 12.6. The number of nitrogens with zero attached hydrogens (tertiary/aromatic N) is 4. The monoisotopic (exact) mass is 464 g/mol. The highest BCUT2D eigenvalue weighted by Gasteiger charge is 2.31. The standard InChI is InChI=1S/C25H19F3N4O2/c1-2-16-6-8-20-21(12-16)29-11-10-22(20)33-15-24-31-30-23-9-7-18(14-32(23)24)17-4-3-5-19(13-17)34-25(26,27)28/h3-14H,2,15H2,1H3. The lowest BCUT2D eigenvalue weighted by molar-refractivity contribution is -0.274. The number of benzene rings is 2. The van der Waals surface area contributed by atoms with E-state index >= 15 is 0 Å². The van der Waals surface area contributed by atoms with Crippen LogP contribution < -0.4 is 9.47 Å². The van der Waals surface area contributed by atoms with Gasteiger partial charge in [-0.3, -0.25) is 9.38 Å². The van der Waals surface area contributed by atoms with E-state index in [1.165, 1.54) is 23.8 Å². The SMILES string of the molecule is CCc1ccc2c(OCc3nnc4ccc(-c5cccc(OC(F)(F)F)c5)cn34)ccnc2c1. The summed E-state index contributed by atoms with van der Waals surface area (Å²) in [6.07, 6.45) is -0.370. The van der Waals surface area contributed by atoms with E-state index < -0.39 is 6.36 Å². The largest absolute Gasteiger partial charge is 0.573 e. The topological polar surface area (TPSA) is 61.5 Å². The van der Waals surface area contributed by atoms with Crippen molar-refractivity contribution in [2.24, 2.45) is 0 Å². The summed E-state index contributed by atoms with van der Waals surface area (Å²) in [4.78, 5) is 4.43. The number of hydrogen-bond donors (Lipinski definition) is 0. The number of alkyl halides is 3. The van der Waals surface area contributed by atoms with Crippen LogP contribution in [0, 0.1) is 0 Å². The van der Waals surface area contributed by atoms with Crippen LogP contribution in [0.1, 0.15) is 18.3 Å². The molecule has 0 bridgehead atoms. The molecule has 0 saturated heterocycles. The molecule has 5 rings (SSSR count). The van der Waals surface area contributed by atoms with E-state index in [4.69, 9.17) is 4.74 Å². The Morgan fingerprint density at radius 2 is 1.82 bits per heavy atom. The smallest absolute Gasteiger partial charge is 0.485 e. The van der Waals surface area contributed by atoms with Crippen molar-refractivity contribution in [3.63, 3.8) is 0 Å². The van der Waals surface area contributed by atoms with Crippen molar-refractivity contribution in [1.82, 2.24) is 19.6 Å². The quantitative estimate of drug-likeness (QED) is 0.309. The number of halogens is 3. The van der Waals surface area contributed by atoms with Crippen molar-refractivity contribution >= 4 is 16.6 Å². The summed E-state index contributed by atoms with van der Waals surface area (Å²) in [5.41, 5.74) is 3.89. The Balaban J connectivity index is 1.42. The highest BCUT2D eigenvalue weighted by molar-refractivity contribution is 5.85. The summed E-state index contributed by atoms with van der Waals surface area (Å²) >= 11 is 0. The molecule has 2 aromatic carbocycles. The van der Waals surface area contributed by atoms with E-state index in [0.717, 1.165) is 17.3 Å². The van der Waals surface area contributed by atoms with Crippen molar-refractivity contribution in [2.45, 2.75) is 26.3 Å². The summed E-state index contributed by atoms with van der Waals surface area (Å²) in [6.45, 7) is 2.24. The third-order valence-corrected chi connectivity index (χ3v) is 5.41. The molecule has 0 amide bonds. The average molecular weight is 464 g/mol. The molecule has 5 aromatic rings. The van der Waals surface area contributed by atoms with Crippen LogP contribution in [-0.4, -0.2) is 25.9 Å². The van der Waals surface area contributed by atoms with Gasteiger partial charge in [0.25, 0.3) is 0 Å². The molecule has 6 nitrogen and oxygen atoms in total. The zero-order valence-electron chi connectivity index (χ0n) is 18.1. The number of pyridine rings is 2. The molecular formula is C25H19F3N4O2. The molecule has 0 aliphatic rings. The fourth-order valence-corrected chi connectivity index (χ4v) is 3.74. The van der Waals surface area contributed by atoms with Crippen LogP contribution in [0.3, 0.4) is 0 Å². The Morgan fingerprint density at radius 3 is 2.65 bits per heavy atom. The Morgan fingerprint density at radius 1 is 0.941 bits per heavy atom. The minimum absolute atomic E-state index is 0.149. The first-order valence-electron chi connectivity index (χ1n) is 10.6. The molecule has 0 aliphatic heterocycles. The molecule has 34 heavy (non-hydrogen) atoms. The van der Waals surface area contributed by atoms with Gasteiger partial charge in [-0.2, -0.15) is 0 Å². The first kappa shape index (κ1) is 21.7. The van der Waals surface area contributed by atoms with E-state index in [-0.39, 0.29) is 12.4 Å². The number of aromatic nitrogens is 4. The van der Waals surface area contributed by atoms with Crippen molar-refractivity contribution in [1.29, 1.82) is 0 Å². The number of hydrogen-bond acceptors (Lipinski definition) is 5. The van der Waals surface area contributed by atoms with Crippen molar-refractivity contribution in [3.8, 4) is 22.6 Å². The summed E-state index contributed by atoms with van der Waals surface area (Å²) in [7, 11) is 0. The Kier molecular flexibility index (Phi) is 5.53. The van der Waals surface area contributed by atoms with Crippen LogP contribution in [0.15, 0.2) is 73.1 Å². The Bertz CT molecular complexity index is 1480. The second kappa shape index (κ2) is 8.66. The summed E-state index contributed by atoms with van der Waals surface area (Å²) in [5, 5.41) is 9.28. The van der Waals surface area contributed by atoms with E-state index in [1.807, 2.05) is 18.2 Å². The second-order valence-electron chi connectivity index (χ2n) is 7.64. The van der Waals surface area contributed by atoms with Gasteiger partial charge in [-0.1, -0.05) is 25.1 Å². The molecule has 0 radical (unpaired) electrons. The normalized spacial score (nSPS) is 11.8. The molecular weight excluding hydrogens is 445 g/mol. The van der Waals surface area contributed by atoms with Crippen molar-refractivity contribution < 1.29 is 22.6 Å². The maximum absolute atomic E-state index is 12.6. The van der Waals surface area contributed by atoms with Gasteiger partial charge in [0, 0.05) is 17.8 Å². The fourth-order valence-electron chi connectivity index (χ4n) is 3.74. The van der Waals surface area contributed by atoms with Gasteiger partial charge in [0.2, 0.25) is 0 Å². The van der Waals surface area contributed by atoms with Crippen LogP contribution in [-0.2, 0) is 13.0 Å².